The first-order valence-corrected chi connectivity index (χ1v) is 7.04. The summed E-state index contributed by atoms with van der Waals surface area (Å²) in [5.41, 5.74) is 0. The maximum Gasteiger partial charge on any atom is 0.0302 e. The lowest BCUT2D eigenvalue weighted by Gasteiger charge is -2.31. The smallest absolute Gasteiger partial charge is 0.0302 e. The molecule has 1 N–H and O–H groups in total. The van der Waals surface area contributed by atoms with Crippen LogP contribution in [0, 0.1) is 5.92 Å². The molecule has 1 aliphatic rings. The molecule has 0 amide bonds. The molecule has 0 aliphatic heterocycles. The molecular formula is C13H21NS. The zero-order valence-corrected chi connectivity index (χ0v) is 10.4. The zero-order valence-electron chi connectivity index (χ0n) is 9.54. The van der Waals surface area contributed by atoms with Gasteiger partial charge in [0, 0.05) is 17.5 Å². The van der Waals surface area contributed by atoms with E-state index < -0.39 is 0 Å². The van der Waals surface area contributed by atoms with Gasteiger partial charge in [0.25, 0.3) is 0 Å². The molecule has 0 saturated heterocycles. The lowest BCUT2D eigenvalue weighted by molar-refractivity contribution is 0.255. The predicted molar refractivity (Wildman–Crippen MR) is 67.2 cm³/mol. The number of nitrogens with one attached hydrogen (secondary N) is 1. The molecule has 1 heterocycles. The van der Waals surface area contributed by atoms with Gasteiger partial charge < -0.3 is 5.32 Å². The van der Waals surface area contributed by atoms with E-state index in [1.165, 1.54) is 37.0 Å². The highest BCUT2D eigenvalue weighted by atomic mass is 32.1. The minimum atomic E-state index is 0.769. The van der Waals surface area contributed by atoms with Crippen LogP contribution in [0.2, 0.25) is 0 Å². The fourth-order valence-corrected chi connectivity index (χ4v) is 3.27. The van der Waals surface area contributed by atoms with Crippen molar-refractivity contribution in [1.82, 2.24) is 5.32 Å². The molecule has 1 aromatic rings. The molecule has 2 atom stereocenters. The van der Waals surface area contributed by atoms with Gasteiger partial charge in [0.1, 0.15) is 0 Å². The fourth-order valence-electron chi connectivity index (χ4n) is 2.61. The average molecular weight is 223 g/mol. The van der Waals surface area contributed by atoms with Gasteiger partial charge in [-0.25, -0.2) is 0 Å². The monoisotopic (exact) mass is 223 g/mol. The summed E-state index contributed by atoms with van der Waals surface area (Å²) in [7, 11) is 0. The van der Waals surface area contributed by atoms with Crippen LogP contribution >= 0.6 is 11.3 Å². The highest BCUT2D eigenvalue weighted by Gasteiger charge is 2.22. The second kappa shape index (κ2) is 5.66. The van der Waals surface area contributed by atoms with Crippen molar-refractivity contribution in [2.75, 3.05) is 0 Å². The Morgan fingerprint density at radius 2 is 2.27 bits per heavy atom. The summed E-state index contributed by atoms with van der Waals surface area (Å²) in [6, 6.07) is 5.13. The molecule has 1 aromatic heterocycles. The molecule has 15 heavy (non-hydrogen) atoms. The summed E-state index contributed by atoms with van der Waals surface area (Å²) >= 11 is 1.86. The van der Waals surface area contributed by atoms with Crippen LogP contribution in [0.25, 0.3) is 0 Å². The summed E-state index contributed by atoms with van der Waals surface area (Å²) < 4.78 is 0. The SMILES string of the molecule is CCC1CCCCC1NCc1cccs1. The van der Waals surface area contributed by atoms with Gasteiger partial charge in [-0.2, -0.15) is 0 Å². The van der Waals surface area contributed by atoms with Crippen molar-refractivity contribution in [3.63, 3.8) is 0 Å². The van der Waals surface area contributed by atoms with Gasteiger partial charge in [0.05, 0.1) is 0 Å². The van der Waals surface area contributed by atoms with Crippen LogP contribution in [-0.4, -0.2) is 6.04 Å². The van der Waals surface area contributed by atoms with Crippen LogP contribution < -0.4 is 5.32 Å². The van der Waals surface area contributed by atoms with Crippen molar-refractivity contribution < 1.29 is 0 Å². The minimum Gasteiger partial charge on any atom is -0.309 e. The largest absolute Gasteiger partial charge is 0.309 e. The number of hydrogen-bond acceptors (Lipinski definition) is 2. The van der Waals surface area contributed by atoms with Gasteiger partial charge in [-0.15, -0.1) is 11.3 Å². The first kappa shape index (κ1) is 11.2. The van der Waals surface area contributed by atoms with Crippen molar-refractivity contribution in [2.24, 2.45) is 5.92 Å². The lowest BCUT2D eigenvalue weighted by atomic mass is 9.83. The summed E-state index contributed by atoms with van der Waals surface area (Å²) in [6.45, 7) is 3.40. The quantitative estimate of drug-likeness (QED) is 0.818. The standard InChI is InChI=1S/C13H21NS/c1-2-11-6-3-4-8-13(11)14-10-12-7-5-9-15-12/h5,7,9,11,13-14H,2-4,6,8,10H2,1H3. The van der Waals surface area contributed by atoms with Crippen molar-refractivity contribution in [3.8, 4) is 0 Å². The summed E-state index contributed by atoms with van der Waals surface area (Å²) in [6.07, 6.45) is 7.00. The molecule has 0 spiro atoms. The molecule has 1 saturated carbocycles. The highest BCUT2D eigenvalue weighted by molar-refractivity contribution is 7.09. The average Bonchev–Trinajstić information content (AvgIpc) is 2.79. The topological polar surface area (TPSA) is 12.0 Å². The Kier molecular flexibility index (Phi) is 4.21. The number of thiophene rings is 1. The molecule has 1 aliphatic carbocycles. The Bertz CT molecular complexity index is 268. The molecule has 1 nitrogen and oxygen atoms in total. The highest BCUT2D eigenvalue weighted by Crippen LogP contribution is 2.27. The third kappa shape index (κ3) is 3.05. The molecule has 0 radical (unpaired) electrons. The van der Waals surface area contributed by atoms with Crippen molar-refractivity contribution >= 4 is 11.3 Å². The first-order valence-electron chi connectivity index (χ1n) is 6.16. The van der Waals surface area contributed by atoms with Crippen LogP contribution in [0.3, 0.4) is 0 Å². The minimum absolute atomic E-state index is 0.769. The Labute approximate surface area is 96.9 Å². The fraction of sp³-hybridized carbons (Fsp3) is 0.692. The first-order chi connectivity index (χ1) is 7.40. The van der Waals surface area contributed by atoms with Crippen molar-refractivity contribution in [2.45, 2.75) is 51.6 Å². The Morgan fingerprint density at radius 1 is 1.40 bits per heavy atom. The normalized spacial score (nSPS) is 26.7. The van der Waals surface area contributed by atoms with Gasteiger partial charge >= 0.3 is 0 Å². The van der Waals surface area contributed by atoms with E-state index in [0.29, 0.717) is 0 Å². The van der Waals surface area contributed by atoms with Gasteiger partial charge in [-0.1, -0.05) is 32.3 Å². The Balaban J connectivity index is 1.81. The van der Waals surface area contributed by atoms with E-state index in [1.807, 2.05) is 11.3 Å². The van der Waals surface area contributed by atoms with Crippen molar-refractivity contribution in [3.05, 3.63) is 22.4 Å². The molecule has 84 valence electrons. The van der Waals surface area contributed by atoms with Crippen LogP contribution in [0.4, 0.5) is 0 Å². The Morgan fingerprint density at radius 3 is 3.00 bits per heavy atom. The van der Waals surface area contributed by atoms with Crippen LogP contribution in [-0.2, 0) is 6.54 Å². The van der Waals surface area contributed by atoms with Crippen LogP contribution in [0.1, 0.15) is 43.9 Å². The maximum absolute atomic E-state index is 3.74. The van der Waals surface area contributed by atoms with Crippen molar-refractivity contribution in [1.29, 1.82) is 0 Å². The van der Waals surface area contributed by atoms with E-state index in [0.717, 1.165) is 18.5 Å². The van der Waals surface area contributed by atoms with E-state index in [9.17, 15) is 0 Å². The van der Waals surface area contributed by atoms with E-state index in [-0.39, 0.29) is 0 Å². The maximum atomic E-state index is 3.74. The van der Waals surface area contributed by atoms with Gasteiger partial charge in [-0.3, -0.25) is 0 Å². The Hall–Kier alpha value is -0.340. The van der Waals surface area contributed by atoms with Crippen LogP contribution in [0.5, 0.6) is 0 Å². The van der Waals surface area contributed by atoms with E-state index in [1.54, 1.807) is 0 Å². The predicted octanol–water partition coefficient (Wildman–Crippen LogP) is 3.81. The molecule has 0 aromatic carbocycles. The third-order valence-corrected chi connectivity index (χ3v) is 4.43. The van der Waals surface area contributed by atoms with E-state index in [2.05, 4.69) is 29.8 Å². The molecule has 1 fully saturated rings. The summed E-state index contributed by atoms with van der Waals surface area (Å²) in [5, 5.41) is 5.90. The zero-order chi connectivity index (χ0) is 10.5. The summed E-state index contributed by atoms with van der Waals surface area (Å²) in [5.74, 6) is 0.915. The molecule has 2 unspecified atom stereocenters. The van der Waals surface area contributed by atoms with Gasteiger partial charge in [-0.05, 0) is 30.2 Å². The lowest BCUT2D eigenvalue weighted by Crippen LogP contribution is -2.37. The number of rotatable bonds is 4. The molecule has 0 bridgehead atoms. The van der Waals surface area contributed by atoms with E-state index >= 15 is 0 Å². The molecule has 2 heteroatoms. The van der Waals surface area contributed by atoms with Crippen LogP contribution in [0.15, 0.2) is 17.5 Å². The van der Waals surface area contributed by atoms with E-state index in [4.69, 9.17) is 0 Å². The number of hydrogen-bond donors (Lipinski definition) is 1. The molecular weight excluding hydrogens is 202 g/mol. The second-order valence-corrected chi connectivity index (χ2v) is 5.55. The second-order valence-electron chi connectivity index (χ2n) is 4.52. The third-order valence-electron chi connectivity index (χ3n) is 3.55. The molecule has 2 rings (SSSR count). The van der Waals surface area contributed by atoms with Gasteiger partial charge in [0.2, 0.25) is 0 Å². The summed E-state index contributed by atoms with van der Waals surface area (Å²) in [4.78, 5) is 1.47. The van der Waals surface area contributed by atoms with Gasteiger partial charge in [0.15, 0.2) is 0 Å².